The molecule has 0 amide bonds. The van der Waals surface area contributed by atoms with Crippen molar-refractivity contribution in [1.29, 1.82) is 0 Å². The second-order valence-corrected chi connectivity index (χ2v) is 3.05. The zero-order valence-electron chi connectivity index (χ0n) is 8.09. The third-order valence-electron chi connectivity index (χ3n) is 2.18. The van der Waals surface area contributed by atoms with Gasteiger partial charge in [0.05, 0.1) is 12.2 Å². The Bertz CT molecular complexity index is 414. The van der Waals surface area contributed by atoms with E-state index in [-0.39, 0.29) is 0 Å². The summed E-state index contributed by atoms with van der Waals surface area (Å²) in [6.45, 7) is 3.66. The molecule has 2 rings (SSSR count). The summed E-state index contributed by atoms with van der Waals surface area (Å²) in [4.78, 5) is 3.96. The number of rotatable bonds is 3. The van der Waals surface area contributed by atoms with E-state index in [9.17, 15) is 0 Å². The van der Waals surface area contributed by atoms with Crippen molar-refractivity contribution < 1.29 is 0 Å². The molecule has 0 aliphatic rings. The number of aromatic nitrogens is 4. The Kier molecular flexibility index (Phi) is 2.22. The topological polar surface area (TPSA) is 61.7 Å². The smallest absolute Gasteiger partial charge is 0.200 e. The first-order chi connectivity index (χ1) is 6.81. The van der Waals surface area contributed by atoms with Crippen molar-refractivity contribution >= 4 is 5.95 Å². The molecule has 0 aromatic carbocycles. The Morgan fingerprint density at radius 2 is 2.29 bits per heavy atom. The summed E-state index contributed by atoms with van der Waals surface area (Å²) < 4.78 is 3.84. The molecule has 0 saturated heterocycles. The molecule has 0 atom stereocenters. The quantitative estimate of drug-likeness (QED) is 0.778. The zero-order valence-corrected chi connectivity index (χ0v) is 8.09. The van der Waals surface area contributed by atoms with Gasteiger partial charge < -0.3 is 10.3 Å². The Balaban J connectivity index is 2.22. The lowest BCUT2D eigenvalue weighted by molar-refractivity contribution is 0.602. The van der Waals surface area contributed by atoms with Gasteiger partial charge >= 0.3 is 0 Å². The maximum absolute atomic E-state index is 5.67. The molecule has 0 radical (unpaired) electrons. The van der Waals surface area contributed by atoms with Crippen LogP contribution in [0, 0.1) is 0 Å². The highest BCUT2D eigenvalue weighted by Gasteiger charge is 2.03. The second-order valence-electron chi connectivity index (χ2n) is 3.05. The third-order valence-corrected chi connectivity index (χ3v) is 2.18. The van der Waals surface area contributed by atoms with Crippen LogP contribution >= 0.6 is 0 Å². The average Bonchev–Trinajstić information content (AvgIpc) is 2.77. The Morgan fingerprint density at radius 1 is 1.43 bits per heavy atom. The number of nitrogens with zero attached hydrogens (tertiary/aromatic N) is 4. The van der Waals surface area contributed by atoms with Crippen LogP contribution in [0.2, 0.25) is 0 Å². The molecule has 74 valence electrons. The van der Waals surface area contributed by atoms with Gasteiger partial charge in [-0.25, -0.2) is 4.98 Å². The average molecular weight is 191 g/mol. The molecule has 0 spiro atoms. The number of aryl methyl sites for hydroxylation is 1. The van der Waals surface area contributed by atoms with E-state index in [0.717, 1.165) is 18.8 Å². The number of nitrogen functional groups attached to an aromatic ring is 1. The Hall–Kier alpha value is -1.78. The highest BCUT2D eigenvalue weighted by molar-refractivity contribution is 5.18. The van der Waals surface area contributed by atoms with Gasteiger partial charge in [-0.05, 0) is 13.0 Å². The van der Waals surface area contributed by atoms with E-state index in [1.54, 1.807) is 12.4 Å². The van der Waals surface area contributed by atoms with Crippen molar-refractivity contribution in [2.24, 2.45) is 0 Å². The standard InChI is InChI=1S/C9H13N5/c1-2-14-8(3-4-12-14)7-13-6-5-11-9(13)10/h3-6H,2,7H2,1H3,(H2,10,11). The van der Waals surface area contributed by atoms with Gasteiger partial charge in [0.15, 0.2) is 5.95 Å². The lowest BCUT2D eigenvalue weighted by Gasteiger charge is -2.06. The van der Waals surface area contributed by atoms with Gasteiger partial charge in [0.1, 0.15) is 0 Å². The lowest BCUT2D eigenvalue weighted by Crippen LogP contribution is -2.09. The van der Waals surface area contributed by atoms with Crippen molar-refractivity contribution in [3.63, 3.8) is 0 Å². The first kappa shape index (κ1) is 8.80. The normalized spacial score (nSPS) is 10.6. The number of hydrogen-bond acceptors (Lipinski definition) is 3. The molecular formula is C9H13N5. The van der Waals surface area contributed by atoms with E-state index in [1.165, 1.54) is 0 Å². The van der Waals surface area contributed by atoms with E-state index in [2.05, 4.69) is 17.0 Å². The van der Waals surface area contributed by atoms with Crippen LogP contribution in [0.15, 0.2) is 24.7 Å². The van der Waals surface area contributed by atoms with Crippen LogP contribution in [0.4, 0.5) is 5.95 Å². The minimum absolute atomic E-state index is 0.536. The van der Waals surface area contributed by atoms with Gasteiger partial charge in [0.25, 0.3) is 0 Å². The summed E-state index contributed by atoms with van der Waals surface area (Å²) in [6.07, 6.45) is 5.36. The molecule has 2 aromatic rings. The van der Waals surface area contributed by atoms with Crippen molar-refractivity contribution in [3.8, 4) is 0 Å². The summed E-state index contributed by atoms with van der Waals surface area (Å²) in [7, 11) is 0. The number of anilines is 1. The maximum Gasteiger partial charge on any atom is 0.200 e. The van der Waals surface area contributed by atoms with Gasteiger partial charge in [-0.3, -0.25) is 4.68 Å². The summed E-state index contributed by atoms with van der Waals surface area (Å²) in [6, 6.07) is 1.99. The van der Waals surface area contributed by atoms with Gasteiger partial charge in [-0.15, -0.1) is 0 Å². The first-order valence-corrected chi connectivity index (χ1v) is 4.58. The van der Waals surface area contributed by atoms with Gasteiger partial charge in [-0.2, -0.15) is 5.10 Å². The summed E-state index contributed by atoms with van der Waals surface area (Å²) in [5.41, 5.74) is 6.81. The maximum atomic E-state index is 5.67. The highest BCUT2D eigenvalue weighted by atomic mass is 15.3. The molecular weight excluding hydrogens is 178 g/mol. The van der Waals surface area contributed by atoms with Gasteiger partial charge in [0.2, 0.25) is 0 Å². The van der Waals surface area contributed by atoms with Crippen LogP contribution < -0.4 is 5.73 Å². The molecule has 2 aromatic heterocycles. The number of nitrogens with two attached hydrogens (primary N) is 1. The summed E-state index contributed by atoms with van der Waals surface area (Å²) in [5, 5.41) is 4.19. The highest BCUT2D eigenvalue weighted by Crippen LogP contribution is 2.05. The van der Waals surface area contributed by atoms with Crippen LogP contribution in [0.25, 0.3) is 0 Å². The zero-order chi connectivity index (χ0) is 9.97. The monoisotopic (exact) mass is 191 g/mol. The third kappa shape index (κ3) is 1.48. The van der Waals surface area contributed by atoms with Crippen molar-refractivity contribution in [2.75, 3.05) is 5.73 Å². The second kappa shape index (κ2) is 3.53. The molecule has 5 nitrogen and oxygen atoms in total. The number of hydrogen-bond donors (Lipinski definition) is 1. The molecule has 0 bridgehead atoms. The molecule has 0 aliphatic carbocycles. The lowest BCUT2D eigenvalue weighted by atomic mass is 10.4. The predicted octanol–water partition coefficient (Wildman–Crippen LogP) is 0.730. The largest absolute Gasteiger partial charge is 0.369 e. The first-order valence-electron chi connectivity index (χ1n) is 4.58. The van der Waals surface area contributed by atoms with Crippen LogP contribution in [-0.2, 0) is 13.1 Å². The van der Waals surface area contributed by atoms with Crippen molar-refractivity contribution in [3.05, 3.63) is 30.4 Å². The molecule has 0 saturated carbocycles. The SMILES string of the molecule is CCn1nccc1Cn1ccnc1N. The molecule has 0 fully saturated rings. The molecule has 14 heavy (non-hydrogen) atoms. The van der Waals surface area contributed by atoms with E-state index in [1.807, 2.05) is 21.5 Å². The minimum Gasteiger partial charge on any atom is -0.369 e. The minimum atomic E-state index is 0.536. The van der Waals surface area contributed by atoms with E-state index in [4.69, 9.17) is 5.73 Å². The van der Waals surface area contributed by atoms with Gasteiger partial charge in [-0.1, -0.05) is 0 Å². The van der Waals surface area contributed by atoms with E-state index in [0.29, 0.717) is 5.95 Å². The van der Waals surface area contributed by atoms with Crippen molar-refractivity contribution in [2.45, 2.75) is 20.0 Å². The van der Waals surface area contributed by atoms with E-state index < -0.39 is 0 Å². The molecule has 2 heterocycles. The Morgan fingerprint density at radius 3 is 2.93 bits per heavy atom. The fourth-order valence-corrected chi connectivity index (χ4v) is 1.43. The molecule has 0 aliphatic heterocycles. The summed E-state index contributed by atoms with van der Waals surface area (Å²) in [5.74, 6) is 0.536. The van der Waals surface area contributed by atoms with Crippen LogP contribution in [0.1, 0.15) is 12.6 Å². The van der Waals surface area contributed by atoms with Crippen molar-refractivity contribution in [1.82, 2.24) is 19.3 Å². The van der Waals surface area contributed by atoms with Gasteiger partial charge in [0, 0.05) is 25.1 Å². The molecule has 5 heteroatoms. The van der Waals surface area contributed by atoms with Crippen LogP contribution in [0.5, 0.6) is 0 Å². The fourth-order valence-electron chi connectivity index (χ4n) is 1.43. The summed E-state index contributed by atoms with van der Waals surface area (Å²) >= 11 is 0. The Labute approximate surface area is 82.2 Å². The van der Waals surface area contributed by atoms with Crippen LogP contribution in [-0.4, -0.2) is 19.3 Å². The molecule has 0 unspecified atom stereocenters. The van der Waals surface area contributed by atoms with E-state index >= 15 is 0 Å². The predicted molar refractivity (Wildman–Crippen MR) is 53.6 cm³/mol. The fraction of sp³-hybridized carbons (Fsp3) is 0.333. The molecule has 2 N–H and O–H groups in total. The number of imidazole rings is 1. The van der Waals surface area contributed by atoms with Crippen LogP contribution in [0.3, 0.4) is 0 Å².